The number of nitrogens with one attached hydrogen (secondary N) is 1. The topological polar surface area (TPSA) is 128 Å². The molecule has 0 saturated heterocycles. The molecule has 1 aromatic carbocycles. The SMILES string of the molecule is CN(C)C(=O)/C=C/C1=CN2C(=O)c3cc4c(cc3N[C@H](S(=O)(=O)[O-])[C@@H]2C1)OCO4.[Na+]. The molecule has 0 aliphatic carbocycles. The van der Waals surface area contributed by atoms with Crippen LogP contribution in [0.25, 0.3) is 0 Å². The molecule has 0 fully saturated rings. The van der Waals surface area contributed by atoms with Crippen LogP contribution in [0.2, 0.25) is 0 Å². The summed E-state index contributed by atoms with van der Waals surface area (Å²) in [5.74, 6) is -0.0268. The summed E-state index contributed by atoms with van der Waals surface area (Å²) in [4.78, 5) is 27.5. The van der Waals surface area contributed by atoms with Gasteiger partial charge >= 0.3 is 29.6 Å². The van der Waals surface area contributed by atoms with Gasteiger partial charge in [0.2, 0.25) is 12.7 Å². The molecule has 0 spiro atoms. The third-order valence-electron chi connectivity index (χ3n) is 4.92. The fourth-order valence-corrected chi connectivity index (χ4v) is 4.34. The minimum absolute atomic E-state index is 0. The van der Waals surface area contributed by atoms with Crippen LogP contribution in [0, 0.1) is 0 Å². The summed E-state index contributed by atoms with van der Waals surface area (Å²) in [5, 5.41) is 1.13. The molecule has 0 aromatic heterocycles. The van der Waals surface area contributed by atoms with Crippen molar-refractivity contribution in [1.82, 2.24) is 9.80 Å². The number of ether oxygens (including phenoxy) is 2. The number of nitrogens with zero attached hydrogens (tertiary/aromatic N) is 2. The van der Waals surface area contributed by atoms with Gasteiger partial charge in [-0.1, -0.05) is 6.08 Å². The molecule has 2 atom stereocenters. The summed E-state index contributed by atoms with van der Waals surface area (Å²) in [5.41, 5.74) is 0.904. The average Bonchev–Trinajstić information content (AvgIpc) is 3.25. The fraction of sp³-hybridized carbons (Fsp3) is 0.333. The van der Waals surface area contributed by atoms with Gasteiger partial charge in [0.05, 0.1) is 17.3 Å². The smallest absolute Gasteiger partial charge is 0.746 e. The first-order valence-corrected chi connectivity index (χ1v) is 10.2. The van der Waals surface area contributed by atoms with Crippen molar-refractivity contribution in [1.29, 1.82) is 0 Å². The van der Waals surface area contributed by atoms with Crippen LogP contribution in [0.4, 0.5) is 5.69 Å². The minimum Gasteiger partial charge on any atom is -0.746 e. The van der Waals surface area contributed by atoms with Crippen molar-refractivity contribution in [2.75, 3.05) is 26.2 Å². The molecule has 3 aliphatic rings. The Morgan fingerprint density at radius 2 is 1.97 bits per heavy atom. The van der Waals surface area contributed by atoms with Gasteiger partial charge in [-0.05, 0) is 18.1 Å². The molecule has 1 N–H and O–H groups in total. The Bertz CT molecular complexity index is 1070. The molecule has 0 radical (unpaired) electrons. The molecule has 154 valence electrons. The quantitative estimate of drug-likeness (QED) is 0.308. The largest absolute Gasteiger partial charge is 1.00 e. The third kappa shape index (κ3) is 4.08. The van der Waals surface area contributed by atoms with E-state index in [4.69, 9.17) is 9.47 Å². The maximum atomic E-state index is 13.1. The summed E-state index contributed by atoms with van der Waals surface area (Å²) in [6.07, 6.45) is 4.40. The maximum Gasteiger partial charge on any atom is 1.00 e. The molecule has 30 heavy (non-hydrogen) atoms. The van der Waals surface area contributed by atoms with E-state index >= 15 is 0 Å². The summed E-state index contributed by atoms with van der Waals surface area (Å²) in [6, 6.07) is 1.96. The number of likely N-dealkylation sites (N-methyl/N-ethyl adjacent to an activating group) is 1. The van der Waals surface area contributed by atoms with Crippen LogP contribution in [0.3, 0.4) is 0 Å². The molecular formula is C18H18N3NaO7S. The van der Waals surface area contributed by atoms with E-state index in [0.29, 0.717) is 17.1 Å². The van der Waals surface area contributed by atoms with Crippen molar-refractivity contribution in [3.63, 3.8) is 0 Å². The van der Waals surface area contributed by atoms with Crippen LogP contribution in [0.15, 0.2) is 36.1 Å². The van der Waals surface area contributed by atoms with Gasteiger partial charge in [0, 0.05) is 32.4 Å². The molecule has 0 bridgehead atoms. The van der Waals surface area contributed by atoms with Gasteiger partial charge in [0.1, 0.15) is 15.5 Å². The van der Waals surface area contributed by atoms with Crippen molar-refractivity contribution >= 4 is 27.6 Å². The monoisotopic (exact) mass is 443 g/mol. The Morgan fingerprint density at radius 1 is 1.30 bits per heavy atom. The number of hydrogen-bond donors (Lipinski definition) is 1. The number of rotatable bonds is 3. The number of benzene rings is 1. The minimum atomic E-state index is -4.81. The molecule has 0 saturated carbocycles. The van der Waals surface area contributed by atoms with E-state index in [1.54, 1.807) is 14.1 Å². The predicted molar refractivity (Wildman–Crippen MR) is 100 cm³/mol. The molecular weight excluding hydrogens is 425 g/mol. The van der Waals surface area contributed by atoms with Gasteiger partial charge < -0.3 is 29.1 Å². The summed E-state index contributed by atoms with van der Waals surface area (Å²) < 4.78 is 46.5. The zero-order valence-electron chi connectivity index (χ0n) is 16.6. The van der Waals surface area contributed by atoms with Crippen molar-refractivity contribution in [2.24, 2.45) is 0 Å². The second-order valence-corrected chi connectivity index (χ2v) is 8.56. The maximum absolute atomic E-state index is 13.1. The van der Waals surface area contributed by atoms with E-state index in [1.807, 2.05) is 0 Å². The number of amides is 2. The van der Waals surface area contributed by atoms with Gasteiger partial charge in [-0.15, -0.1) is 0 Å². The summed E-state index contributed by atoms with van der Waals surface area (Å²) in [7, 11) is -1.62. The molecule has 3 aliphatic heterocycles. The Balaban J connectivity index is 0.00000256. The zero-order chi connectivity index (χ0) is 20.9. The summed E-state index contributed by atoms with van der Waals surface area (Å²) >= 11 is 0. The number of hydrogen-bond acceptors (Lipinski definition) is 8. The van der Waals surface area contributed by atoms with E-state index in [1.165, 1.54) is 40.3 Å². The molecule has 0 unspecified atom stereocenters. The average molecular weight is 443 g/mol. The van der Waals surface area contributed by atoms with Gasteiger partial charge in [-0.25, -0.2) is 8.42 Å². The van der Waals surface area contributed by atoms with Crippen LogP contribution in [-0.4, -0.2) is 66.9 Å². The number of anilines is 1. The normalized spacial score (nSPS) is 21.9. The van der Waals surface area contributed by atoms with Crippen LogP contribution in [-0.2, 0) is 14.9 Å². The zero-order valence-corrected chi connectivity index (χ0v) is 19.4. The number of allylic oxidation sites excluding steroid dienone is 1. The van der Waals surface area contributed by atoms with Crippen LogP contribution in [0.5, 0.6) is 11.5 Å². The number of carbonyl (C=O) groups excluding carboxylic acids is 2. The van der Waals surface area contributed by atoms with Crippen molar-refractivity contribution in [3.8, 4) is 11.5 Å². The Hall–Kier alpha value is -2.05. The first-order chi connectivity index (χ1) is 13.6. The number of fused-ring (bicyclic) bond motifs is 3. The van der Waals surface area contributed by atoms with E-state index < -0.39 is 27.4 Å². The first kappa shape index (κ1) is 22.6. The second-order valence-electron chi connectivity index (χ2n) is 7.06. The Labute approximate surface area is 195 Å². The van der Waals surface area contributed by atoms with E-state index in [-0.39, 0.29) is 59.9 Å². The fourth-order valence-electron chi connectivity index (χ4n) is 3.46. The van der Waals surface area contributed by atoms with Crippen molar-refractivity contribution < 1.29 is 61.6 Å². The van der Waals surface area contributed by atoms with Gasteiger partial charge in [0.25, 0.3) is 5.91 Å². The van der Waals surface area contributed by atoms with E-state index in [2.05, 4.69) is 5.32 Å². The molecule has 12 heteroatoms. The molecule has 4 rings (SSSR count). The summed E-state index contributed by atoms with van der Waals surface area (Å²) in [6.45, 7) is -0.0171. The van der Waals surface area contributed by atoms with Gasteiger partial charge in [-0.2, -0.15) is 0 Å². The third-order valence-corrected chi connectivity index (χ3v) is 5.98. The van der Waals surface area contributed by atoms with Crippen LogP contribution >= 0.6 is 0 Å². The van der Waals surface area contributed by atoms with E-state index in [0.717, 1.165) is 0 Å². The Kier molecular flexibility index (Phi) is 6.21. The van der Waals surface area contributed by atoms with E-state index in [9.17, 15) is 22.6 Å². The molecule has 1 aromatic rings. The predicted octanol–water partition coefficient (Wildman–Crippen LogP) is -2.54. The van der Waals surface area contributed by atoms with Crippen LogP contribution < -0.4 is 44.3 Å². The standard InChI is InChI=1S/C18H19N3O7S.Na/c1-20(2)16(22)4-3-10-5-13-17(29(24,25)26)19-12-7-15-14(27-9-28-15)6-11(12)18(23)21(13)8-10;/h3-4,6-8,13,17,19H,5,9H2,1-2H3,(H,24,25,26);/q;+1/p-1/b4-3+;/t13-,17+;/m0./s1. The Morgan fingerprint density at radius 3 is 2.60 bits per heavy atom. The molecule has 10 nitrogen and oxygen atoms in total. The van der Waals surface area contributed by atoms with Crippen LogP contribution in [0.1, 0.15) is 16.8 Å². The van der Waals surface area contributed by atoms with Crippen molar-refractivity contribution in [2.45, 2.75) is 17.8 Å². The molecule has 2 amide bonds. The second kappa shape index (κ2) is 8.23. The van der Waals surface area contributed by atoms with Gasteiger partial charge in [-0.3, -0.25) is 9.59 Å². The van der Waals surface area contributed by atoms with Gasteiger partial charge in [0.15, 0.2) is 11.5 Å². The molecule has 3 heterocycles. The number of carbonyl (C=O) groups is 2. The van der Waals surface area contributed by atoms with Crippen molar-refractivity contribution in [3.05, 3.63) is 41.6 Å². The first-order valence-electron chi connectivity index (χ1n) is 8.73.